The number of carbonyl (C=O) groups excluding carboxylic acids is 1. The number of anilines is 1. The van der Waals surface area contributed by atoms with Crippen LogP contribution in [0.5, 0.6) is 0 Å². The highest BCUT2D eigenvalue weighted by Gasteiger charge is 2.31. The highest BCUT2D eigenvalue weighted by Crippen LogP contribution is 2.40. The van der Waals surface area contributed by atoms with Crippen LogP contribution in [-0.2, 0) is 0 Å². The Bertz CT molecular complexity index is 477. The van der Waals surface area contributed by atoms with Gasteiger partial charge in [0, 0.05) is 5.54 Å². The van der Waals surface area contributed by atoms with Gasteiger partial charge in [-0.15, -0.1) is 0 Å². The number of hydrogen-bond acceptors (Lipinski definition) is 2. The lowest BCUT2D eigenvalue weighted by molar-refractivity contribution is 0.100. The van der Waals surface area contributed by atoms with Gasteiger partial charge in [-0.2, -0.15) is 0 Å². The topological polar surface area (TPSA) is 55.1 Å². The van der Waals surface area contributed by atoms with E-state index < -0.39 is 0 Å². The molecule has 2 rings (SSSR count). The van der Waals surface area contributed by atoms with Crippen LogP contribution >= 0.6 is 0 Å². The fourth-order valence-corrected chi connectivity index (χ4v) is 2.80. The van der Waals surface area contributed by atoms with Crippen molar-refractivity contribution in [3.05, 3.63) is 28.8 Å². The summed E-state index contributed by atoms with van der Waals surface area (Å²) >= 11 is 0. The van der Waals surface area contributed by atoms with Gasteiger partial charge in [0.25, 0.3) is 5.91 Å². The van der Waals surface area contributed by atoms with Gasteiger partial charge in [-0.1, -0.05) is 13.0 Å². The average Bonchev–Trinajstić information content (AvgIpc) is 2.17. The number of fused-ring (bicyclic) bond motifs is 1. The molecule has 0 aliphatic carbocycles. The normalized spacial score (nSPS) is 21.5. The van der Waals surface area contributed by atoms with E-state index in [1.54, 1.807) is 0 Å². The molecule has 0 fully saturated rings. The van der Waals surface area contributed by atoms with Crippen LogP contribution in [0.4, 0.5) is 5.69 Å². The van der Waals surface area contributed by atoms with Crippen molar-refractivity contribution >= 4 is 11.6 Å². The van der Waals surface area contributed by atoms with E-state index in [2.05, 4.69) is 32.2 Å². The fourth-order valence-electron chi connectivity index (χ4n) is 2.80. The summed E-state index contributed by atoms with van der Waals surface area (Å²) in [6, 6.07) is 4.01. The molecule has 0 bridgehead atoms. The summed E-state index contributed by atoms with van der Waals surface area (Å²) in [5, 5.41) is 3.44. The van der Waals surface area contributed by atoms with Gasteiger partial charge in [-0.3, -0.25) is 4.79 Å². The zero-order valence-electron chi connectivity index (χ0n) is 10.9. The predicted octanol–water partition coefficient (Wildman–Crippen LogP) is 2.79. The second kappa shape index (κ2) is 3.76. The molecule has 1 atom stereocenters. The third-order valence-corrected chi connectivity index (χ3v) is 3.39. The molecule has 1 aliphatic rings. The average molecular weight is 232 g/mol. The Morgan fingerprint density at radius 3 is 2.71 bits per heavy atom. The lowest BCUT2D eigenvalue weighted by atomic mass is 9.80. The first-order chi connectivity index (χ1) is 7.80. The third-order valence-electron chi connectivity index (χ3n) is 3.39. The van der Waals surface area contributed by atoms with Crippen LogP contribution in [0, 0.1) is 6.92 Å². The maximum absolute atomic E-state index is 11.5. The van der Waals surface area contributed by atoms with Gasteiger partial charge in [-0.05, 0) is 50.3 Å². The zero-order chi connectivity index (χ0) is 12.8. The van der Waals surface area contributed by atoms with Crippen molar-refractivity contribution in [2.45, 2.75) is 45.6 Å². The summed E-state index contributed by atoms with van der Waals surface area (Å²) in [5.74, 6) is 0.0848. The third kappa shape index (κ3) is 2.14. The smallest absolute Gasteiger partial charge is 0.250 e. The van der Waals surface area contributed by atoms with Crippen LogP contribution in [0.1, 0.15) is 54.6 Å². The van der Waals surface area contributed by atoms with E-state index >= 15 is 0 Å². The van der Waals surface area contributed by atoms with E-state index in [1.807, 2.05) is 13.0 Å². The van der Waals surface area contributed by atoms with Crippen molar-refractivity contribution in [3.8, 4) is 0 Å². The van der Waals surface area contributed by atoms with Crippen molar-refractivity contribution < 1.29 is 4.79 Å². The van der Waals surface area contributed by atoms with Crippen molar-refractivity contribution in [2.75, 3.05) is 5.32 Å². The van der Waals surface area contributed by atoms with Gasteiger partial charge >= 0.3 is 0 Å². The molecule has 0 aromatic heterocycles. The van der Waals surface area contributed by atoms with Crippen molar-refractivity contribution in [3.63, 3.8) is 0 Å². The molecule has 17 heavy (non-hydrogen) atoms. The van der Waals surface area contributed by atoms with Crippen LogP contribution in [-0.4, -0.2) is 11.4 Å². The zero-order valence-corrected chi connectivity index (χ0v) is 10.9. The first-order valence-corrected chi connectivity index (χ1v) is 6.03. The Kier molecular flexibility index (Phi) is 2.64. The summed E-state index contributed by atoms with van der Waals surface area (Å²) in [6.07, 6.45) is 1.06. The molecule has 1 aromatic rings. The Morgan fingerprint density at radius 2 is 2.12 bits per heavy atom. The van der Waals surface area contributed by atoms with E-state index in [-0.39, 0.29) is 11.4 Å². The standard InChI is InChI=1S/C14H20N2O/c1-8-5-10-9(2)7-14(3,4)16-12(10)11(6-8)13(15)17/h5-6,9,16H,7H2,1-4H3,(H2,15,17). The van der Waals surface area contributed by atoms with Gasteiger partial charge < -0.3 is 11.1 Å². The van der Waals surface area contributed by atoms with E-state index in [9.17, 15) is 4.79 Å². The molecule has 1 aliphatic heterocycles. The highest BCUT2D eigenvalue weighted by molar-refractivity contribution is 6.00. The summed E-state index contributed by atoms with van der Waals surface area (Å²) in [4.78, 5) is 11.5. The van der Waals surface area contributed by atoms with Crippen molar-refractivity contribution in [2.24, 2.45) is 5.73 Å². The SMILES string of the molecule is Cc1cc(C(N)=O)c2c(c1)C(C)CC(C)(C)N2. The molecular weight excluding hydrogens is 212 g/mol. The molecule has 0 saturated carbocycles. The minimum atomic E-state index is -0.359. The largest absolute Gasteiger partial charge is 0.379 e. The fraction of sp³-hybridized carbons (Fsp3) is 0.500. The molecular formula is C14H20N2O. The lowest BCUT2D eigenvalue weighted by Gasteiger charge is -2.38. The van der Waals surface area contributed by atoms with Crippen LogP contribution in [0.25, 0.3) is 0 Å². The number of aryl methyl sites for hydroxylation is 1. The summed E-state index contributed by atoms with van der Waals surface area (Å²) in [6.45, 7) is 8.50. The van der Waals surface area contributed by atoms with Gasteiger partial charge in [0.15, 0.2) is 0 Å². The molecule has 1 aromatic carbocycles. The molecule has 1 heterocycles. The Balaban J connectivity index is 2.63. The highest BCUT2D eigenvalue weighted by atomic mass is 16.1. The van der Waals surface area contributed by atoms with E-state index in [0.29, 0.717) is 11.5 Å². The minimum Gasteiger partial charge on any atom is -0.379 e. The van der Waals surface area contributed by atoms with Crippen LogP contribution in [0.2, 0.25) is 0 Å². The summed E-state index contributed by atoms with van der Waals surface area (Å²) in [7, 11) is 0. The van der Waals surface area contributed by atoms with Crippen LogP contribution in [0.3, 0.4) is 0 Å². The number of amides is 1. The number of hydrogen-bond donors (Lipinski definition) is 2. The number of rotatable bonds is 1. The van der Waals surface area contributed by atoms with Gasteiger partial charge in [-0.25, -0.2) is 0 Å². The molecule has 3 N–H and O–H groups in total. The van der Waals surface area contributed by atoms with Gasteiger partial charge in [0.1, 0.15) is 0 Å². The monoisotopic (exact) mass is 232 g/mol. The molecule has 0 spiro atoms. The molecule has 3 heteroatoms. The number of primary amides is 1. The maximum Gasteiger partial charge on any atom is 0.250 e. The molecule has 3 nitrogen and oxygen atoms in total. The number of benzene rings is 1. The predicted molar refractivity (Wildman–Crippen MR) is 70.4 cm³/mol. The molecule has 0 radical (unpaired) electrons. The van der Waals surface area contributed by atoms with E-state index in [4.69, 9.17) is 5.73 Å². The Labute approximate surface area is 102 Å². The summed E-state index contributed by atoms with van der Waals surface area (Å²) < 4.78 is 0. The molecule has 1 amide bonds. The first-order valence-electron chi connectivity index (χ1n) is 6.03. The van der Waals surface area contributed by atoms with E-state index in [0.717, 1.165) is 17.7 Å². The Morgan fingerprint density at radius 1 is 1.47 bits per heavy atom. The van der Waals surface area contributed by atoms with Crippen molar-refractivity contribution in [1.82, 2.24) is 0 Å². The second-order valence-corrected chi connectivity index (χ2v) is 5.76. The first kappa shape index (κ1) is 12.0. The second-order valence-electron chi connectivity index (χ2n) is 5.76. The minimum absolute atomic E-state index is 0.00583. The van der Waals surface area contributed by atoms with Gasteiger partial charge in [0.2, 0.25) is 0 Å². The van der Waals surface area contributed by atoms with Crippen LogP contribution in [0.15, 0.2) is 12.1 Å². The molecule has 0 saturated heterocycles. The van der Waals surface area contributed by atoms with Crippen molar-refractivity contribution in [1.29, 1.82) is 0 Å². The number of nitrogens with one attached hydrogen (secondary N) is 1. The molecule has 92 valence electrons. The molecule has 1 unspecified atom stereocenters. The van der Waals surface area contributed by atoms with E-state index in [1.165, 1.54) is 5.56 Å². The van der Waals surface area contributed by atoms with Crippen LogP contribution < -0.4 is 11.1 Å². The number of nitrogens with two attached hydrogens (primary N) is 1. The summed E-state index contributed by atoms with van der Waals surface area (Å²) in [5.41, 5.74) is 9.30. The number of carbonyl (C=O) groups is 1. The maximum atomic E-state index is 11.5. The Hall–Kier alpha value is -1.51. The lowest BCUT2D eigenvalue weighted by Crippen LogP contribution is -2.38. The van der Waals surface area contributed by atoms with Gasteiger partial charge in [0.05, 0.1) is 11.3 Å². The quantitative estimate of drug-likeness (QED) is 0.782.